The van der Waals surface area contributed by atoms with Crippen LogP contribution in [0, 0.1) is 11.7 Å². The van der Waals surface area contributed by atoms with E-state index in [1.807, 2.05) is 23.1 Å². The number of aromatic nitrogens is 4. The van der Waals surface area contributed by atoms with E-state index in [-0.39, 0.29) is 5.91 Å². The van der Waals surface area contributed by atoms with Crippen molar-refractivity contribution < 1.29 is 9.53 Å². The Morgan fingerprint density at radius 2 is 2.29 bits per heavy atom. The van der Waals surface area contributed by atoms with Crippen molar-refractivity contribution in [1.29, 1.82) is 0 Å². The molecule has 0 atom stereocenters. The minimum atomic E-state index is -0.0115. The molecule has 8 heteroatoms. The zero-order valence-corrected chi connectivity index (χ0v) is 13.4. The van der Waals surface area contributed by atoms with Gasteiger partial charge in [-0.3, -0.25) is 4.79 Å². The lowest BCUT2D eigenvalue weighted by Gasteiger charge is -2.07. The molecule has 0 aliphatic rings. The Bertz CT molecular complexity index is 685. The molecular weight excluding hydrogens is 290 g/mol. The molecule has 2 N–H and O–H groups in total. The van der Waals surface area contributed by atoms with E-state index in [1.54, 1.807) is 7.11 Å². The van der Waals surface area contributed by atoms with Crippen LogP contribution in [0.25, 0.3) is 11.2 Å². The summed E-state index contributed by atoms with van der Waals surface area (Å²) in [6, 6.07) is 0. The zero-order valence-electron chi connectivity index (χ0n) is 12.6. The predicted octanol–water partition coefficient (Wildman–Crippen LogP) is 1.38. The normalized spacial score (nSPS) is 11.2. The summed E-state index contributed by atoms with van der Waals surface area (Å²) in [7, 11) is 1.61. The average Bonchev–Trinajstić information content (AvgIpc) is 2.94. The molecule has 0 radical (unpaired) electrons. The number of carbonyl (C=O) groups excluding carboxylic acids is 1. The van der Waals surface area contributed by atoms with Crippen molar-refractivity contribution in [2.24, 2.45) is 0 Å². The number of amides is 1. The molecule has 2 rings (SSSR count). The number of rotatable bonds is 7. The number of carbonyl (C=O) groups is 1. The Morgan fingerprint density at radius 3 is 2.95 bits per heavy atom. The smallest absolute Gasteiger partial charge is 0.221 e. The molecule has 0 saturated heterocycles. The van der Waals surface area contributed by atoms with Gasteiger partial charge in [-0.25, -0.2) is 4.68 Å². The first-order chi connectivity index (χ1) is 10.1. The lowest BCUT2D eigenvalue weighted by atomic mass is 10.4. The zero-order chi connectivity index (χ0) is 15.4. The number of hydrogen-bond acceptors (Lipinski definition) is 4. The molecule has 0 unspecified atom stereocenters. The monoisotopic (exact) mass is 311 g/mol. The van der Waals surface area contributed by atoms with Gasteiger partial charge in [0, 0.05) is 33.2 Å². The summed E-state index contributed by atoms with van der Waals surface area (Å²) < 4.78 is 9.36. The van der Waals surface area contributed by atoms with Gasteiger partial charge in [0.2, 0.25) is 5.91 Å². The molecule has 116 valence electrons. The number of H-pyrrole nitrogens is 1. The third kappa shape index (κ3) is 3.33. The standard InChI is InChI=1S/C13H21N5O2S/c1-4-18-12-11(9(2)16-18)15-13(21)17(12)7-5-10(19)14-6-8-20-3/h4-8H2,1-3H3,(H,14,19)(H,15,21). The van der Waals surface area contributed by atoms with E-state index in [1.165, 1.54) is 0 Å². The number of nitrogens with one attached hydrogen (secondary N) is 2. The van der Waals surface area contributed by atoms with E-state index in [4.69, 9.17) is 17.0 Å². The summed E-state index contributed by atoms with van der Waals surface area (Å²) in [5.41, 5.74) is 2.81. The second-order valence-corrected chi connectivity index (χ2v) is 5.16. The molecule has 0 spiro atoms. The average molecular weight is 311 g/mol. The van der Waals surface area contributed by atoms with Crippen molar-refractivity contribution in [1.82, 2.24) is 24.6 Å². The quantitative estimate of drug-likeness (QED) is 0.598. The lowest BCUT2D eigenvalue weighted by molar-refractivity contribution is -0.121. The Morgan fingerprint density at radius 1 is 1.52 bits per heavy atom. The molecule has 0 aromatic carbocycles. The number of fused-ring (bicyclic) bond motifs is 1. The van der Waals surface area contributed by atoms with Crippen LogP contribution in [0.15, 0.2) is 0 Å². The number of aryl methyl sites for hydroxylation is 3. The van der Waals surface area contributed by atoms with Gasteiger partial charge in [-0.2, -0.15) is 5.10 Å². The van der Waals surface area contributed by atoms with Crippen molar-refractivity contribution in [3.8, 4) is 0 Å². The number of nitrogens with zero attached hydrogens (tertiary/aromatic N) is 3. The third-order valence-corrected chi connectivity index (χ3v) is 3.65. The van der Waals surface area contributed by atoms with Gasteiger partial charge < -0.3 is 19.6 Å². The molecule has 2 aromatic rings. The first-order valence-electron chi connectivity index (χ1n) is 7.00. The van der Waals surface area contributed by atoms with Crippen molar-refractivity contribution >= 4 is 29.3 Å². The Labute approximate surface area is 128 Å². The Kier molecular flexibility index (Phi) is 5.13. The fourth-order valence-electron chi connectivity index (χ4n) is 2.28. The predicted molar refractivity (Wildman–Crippen MR) is 82.8 cm³/mol. The highest BCUT2D eigenvalue weighted by atomic mass is 32.1. The van der Waals surface area contributed by atoms with Gasteiger partial charge in [-0.05, 0) is 26.1 Å². The van der Waals surface area contributed by atoms with Crippen LogP contribution >= 0.6 is 12.2 Å². The van der Waals surface area contributed by atoms with Crippen LogP contribution in [0.4, 0.5) is 0 Å². The van der Waals surface area contributed by atoms with Gasteiger partial charge in [0.05, 0.1) is 12.3 Å². The number of ether oxygens (including phenoxy) is 1. The fourth-order valence-corrected chi connectivity index (χ4v) is 2.56. The van der Waals surface area contributed by atoms with E-state index < -0.39 is 0 Å². The topological polar surface area (TPSA) is 76.9 Å². The largest absolute Gasteiger partial charge is 0.383 e. The van der Waals surface area contributed by atoms with Crippen LogP contribution < -0.4 is 5.32 Å². The summed E-state index contributed by atoms with van der Waals surface area (Å²) in [6.07, 6.45) is 0.374. The minimum absolute atomic E-state index is 0.0115. The second kappa shape index (κ2) is 6.86. The molecule has 7 nitrogen and oxygen atoms in total. The number of hydrogen-bond donors (Lipinski definition) is 2. The van der Waals surface area contributed by atoms with Gasteiger partial charge in [-0.1, -0.05) is 0 Å². The summed E-state index contributed by atoms with van der Waals surface area (Å²) in [6.45, 7) is 6.31. The van der Waals surface area contributed by atoms with E-state index in [2.05, 4.69) is 15.4 Å². The molecule has 0 aliphatic heterocycles. The Hall–Kier alpha value is -1.67. The van der Waals surface area contributed by atoms with E-state index in [0.29, 0.717) is 30.9 Å². The molecule has 1 amide bonds. The van der Waals surface area contributed by atoms with Gasteiger partial charge in [0.1, 0.15) is 5.52 Å². The fraction of sp³-hybridized carbons (Fsp3) is 0.615. The lowest BCUT2D eigenvalue weighted by Crippen LogP contribution is -2.27. The van der Waals surface area contributed by atoms with Crippen LogP contribution in [0.5, 0.6) is 0 Å². The van der Waals surface area contributed by atoms with Crippen LogP contribution in [0.2, 0.25) is 0 Å². The molecule has 0 fully saturated rings. The minimum Gasteiger partial charge on any atom is -0.383 e. The van der Waals surface area contributed by atoms with Crippen LogP contribution in [-0.2, 0) is 22.6 Å². The molecule has 0 aliphatic carbocycles. The molecule has 2 aromatic heterocycles. The van der Waals surface area contributed by atoms with E-state index in [9.17, 15) is 4.79 Å². The summed E-state index contributed by atoms with van der Waals surface area (Å²) in [5.74, 6) is -0.0115. The van der Waals surface area contributed by atoms with Crippen molar-refractivity contribution in [2.45, 2.75) is 33.4 Å². The molecule has 2 heterocycles. The molecular formula is C13H21N5O2S. The third-order valence-electron chi connectivity index (χ3n) is 3.32. The highest BCUT2D eigenvalue weighted by Gasteiger charge is 2.14. The molecule has 21 heavy (non-hydrogen) atoms. The van der Waals surface area contributed by atoms with Crippen molar-refractivity contribution in [3.05, 3.63) is 10.5 Å². The van der Waals surface area contributed by atoms with Gasteiger partial charge >= 0.3 is 0 Å². The first kappa shape index (κ1) is 15.7. The summed E-state index contributed by atoms with van der Waals surface area (Å²) >= 11 is 5.35. The van der Waals surface area contributed by atoms with E-state index in [0.717, 1.165) is 23.4 Å². The maximum Gasteiger partial charge on any atom is 0.221 e. The van der Waals surface area contributed by atoms with Crippen LogP contribution in [0.3, 0.4) is 0 Å². The summed E-state index contributed by atoms with van der Waals surface area (Å²) in [4.78, 5) is 14.9. The van der Waals surface area contributed by atoms with Gasteiger partial charge in [0.25, 0.3) is 0 Å². The van der Waals surface area contributed by atoms with E-state index >= 15 is 0 Å². The maximum absolute atomic E-state index is 11.8. The highest BCUT2D eigenvalue weighted by molar-refractivity contribution is 7.71. The van der Waals surface area contributed by atoms with Crippen molar-refractivity contribution in [2.75, 3.05) is 20.3 Å². The number of methoxy groups -OCH3 is 1. The molecule has 0 saturated carbocycles. The second-order valence-electron chi connectivity index (χ2n) is 4.77. The summed E-state index contributed by atoms with van der Waals surface area (Å²) in [5, 5.41) is 7.26. The first-order valence-corrected chi connectivity index (χ1v) is 7.40. The van der Waals surface area contributed by atoms with Crippen LogP contribution in [0.1, 0.15) is 19.0 Å². The highest BCUT2D eigenvalue weighted by Crippen LogP contribution is 2.18. The van der Waals surface area contributed by atoms with Crippen LogP contribution in [-0.4, -0.2) is 45.5 Å². The maximum atomic E-state index is 11.8. The van der Waals surface area contributed by atoms with Gasteiger partial charge in [0.15, 0.2) is 10.4 Å². The SMILES string of the molecule is CCn1nc(C)c2[nH]c(=S)n(CCC(=O)NCCOC)c21. The van der Waals surface area contributed by atoms with Crippen molar-refractivity contribution in [3.63, 3.8) is 0 Å². The number of aromatic amines is 1. The molecule has 0 bridgehead atoms. The number of imidazole rings is 1. The van der Waals surface area contributed by atoms with Gasteiger partial charge in [-0.15, -0.1) is 0 Å². The Balaban J connectivity index is 2.13.